The van der Waals surface area contributed by atoms with Crippen molar-refractivity contribution in [1.29, 1.82) is 0 Å². The number of benzene rings is 1. The zero-order valence-corrected chi connectivity index (χ0v) is 10.5. The monoisotopic (exact) mass is 253 g/mol. The lowest BCUT2D eigenvalue weighted by Crippen LogP contribution is -2.32. The molecule has 3 nitrogen and oxygen atoms in total. The largest absolute Gasteiger partial charge is 0.278 e. The van der Waals surface area contributed by atoms with Gasteiger partial charge in [-0.1, -0.05) is 42.5 Å². The van der Waals surface area contributed by atoms with Crippen molar-refractivity contribution in [3.63, 3.8) is 0 Å². The van der Waals surface area contributed by atoms with Crippen LogP contribution in [0.1, 0.15) is 12.0 Å². The van der Waals surface area contributed by atoms with E-state index in [1.807, 2.05) is 30.3 Å². The molecule has 19 heavy (non-hydrogen) atoms. The molecule has 96 valence electrons. The van der Waals surface area contributed by atoms with Crippen molar-refractivity contribution in [2.45, 2.75) is 13.0 Å². The van der Waals surface area contributed by atoms with Crippen LogP contribution in [-0.2, 0) is 16.1 Å². The van der Waals surface area contributed by atoms with Crippen molar-refractivity contribution in [2.24, 2.45) is 23.7 Å². The molecule has 2 fully saturated rings. The van der Waals surface area contributed by atoms with Crippen molar-refractivity contribution in [3.05, 3.63) is 48.0 Å². The van der Waals surface area contributed by atoms with Gasteiger partial charge in [0.1, 0.15) is 0 Å². The van der Waals surface area contributed by atoms with Crippen LogP contribution in [0.5, 0.6) is 0 Å². The normalized spacial score (nSPS) is 35.3. The Balaban J connectivity index is 1.62. The summed E-state index contributed by atoms with van der Waals surface area (Å²) in [5.41, 5.74) is 1.02. The first kappa shape index (κ1) is 11.0. The van der Waals surface area contributed by atoms with Gasteiger partial charge in [0.25, 0.3) is 0 Å². The number of carbonyl (C=O) groups excluding carboxylic acids is 2. The van der Waals surface area contributed by atoms with Crippen LogP contribution in [0.15, 0.2) is 42.5 Å². The molecule has 3 heteroatoms. The van der Waals surface area contributed by atoms with Crippen LogP contribution >= 0.6 is 0 Å². The lowest BCUT2D eigenvalue weighted by molar-refractivity contribution is -0.141. The van der Waals surface area contributed by atoms with Crippen LogP contribution in [0.4, 0.5) is 0 Å². The third-order valence-corrected chi connectivity index (χ3v) is 4.75. The Hall–Kier alpha value is -1.90. The number of amides is 2. The summed E-state index contributed by atoms with van der Waals surface area (Å²) in [5.74, 6) is 0.517. The molecule has 0 radical (unpaired) electrons. The Morgan fingerprint density at radius 1 is 0.947 bits per heavy atom. The number of likely N-dealkylation sites (tertiary alicyclic amines) is 1. The fourth-order valence-corrected chi connectivity index (χ4v) is 3.89. The summed E-state index contributed by atoms with van der Waals surface area (Å²) in [5, 5.41) is 0. The molecular weight excluding hydrogens is 238 g/mol. The van der Waals surface area contributed by atoms with Crippen LogP contribution in [0, 0.1) is 23.7 Å². The van der Waals surface area contributed by atoms with Gasteiger partial charge in [0.05, 0.1) is 18.4 Å². The van der Waals surface area contributed by atoms with E-state index in [9.17, 15) is 9.59 Å². The molecule has 0 unspecified atom stereocenters. The van der Waals surface area contributed by atoms with E-state index < -0.39 is 0 Å². The highest BCUT2D eigenvalue weighted by atomic mass is 16.2. The highest BCUT2D eigenvalue weighted by Gasteiger charge is 2.58. The number of carbonyl (C=O) groups is 2. The van der Waals surface area contributed by atoms with Crippen LogP contribution in [0.3, 0.4) is 0 Å². The van der Waals surface area contributed by atoms with E-state index in [2.05, 4.69) is 12.2 Å². The molecule has 4 rings (SSSR count). The zero-order chi connectivity index (χ0) is 13.0. The third kappa shape index (κ3) is 1.44. The van der Waals surface area contributed by atoms with Gasteiger partial charge < -0.3 is 0 Å². The van der Waals surface area contributed by atoms with Gasteiger partial charge in [-0.05, 0) is 23.8 Å². The molecule has 1 aromatic rings. The van der Waals surface area contributed by atoms with Crippen molar-refractivity contribution < 1.29 is 9.59 Å². The van der Waals surface area contributed by atoms with Gasteiger partial charge >= 0.3 is 0 Å². The van der Waals surface area contributed by atoms with Gasteiger partial charge in [-0.25, -0.2) is 0 Å². The second-order valence-corrected chi connectivity index (χ2v) is 5.75. The molecule has 2 bridgehead atoms. The van der Waals surface area contributed by atoms with Gasteiger partial charge in [0.2, 0.25) is 11.8 Å². The van der Waals surface area contributed by atoms with E-state index in [1.165, 1.54) is 4.90 Å². The first-order valence-electron chi connectivity index (χ1n) is 6.83. The quantitative estimate of drug-likeness (QED) is 0.597. The van der Waals surface area contributed by atoms with Gasteiger partial charge in [0.15, 0.2) is 0 Å². The van der Waals surface area contributed by atoms with Gasteiger partial charge in [-0.15, -0.1) is 0 Å². The average molecular weight is 253 g/mol. The summed E-state index contributed by atoms with van der Waals surface area (Å²) in [6.45, 7) is 0.422. The average Bonchev–Trinajstić information content (AvgIpc) is 3.10. The maximum absolute atomic E-state index is 12.5. The molecule has 1 heterocycles. The molecule has 1 aliphatic heterocycles. The minimum absolute atomic E-state index is 0.0377. The predicted octanol–water partition coefficient (Wildman–Crippen LogP) is 1.99. The number of hydrogen-bond acceptors (Lipinski definition) is 2. The molecule has 4 atom stereocenters. The van der Waals surface area contributed by atoms with Gasteiger partial charge in [0, 0.05) is 0 Å². The topological polar surface area (TPSA) is 37.4 Å². The summed E-state index contributed by atoms with van der Waals surface area (Å²) >= 11 is 0. The van der Waals surface area contributed by atoms with Gasteiger partial charge in [-0.2, -0.15) is 0 Å². The number of fused-ring (bicyclic) bond motifs is 5. The van der Waals surface area contributed by atoms with E-state index in [0.29, 0.717) is 18.4 Å². The number of allylic oxidation sites excluding steroid dienone is 2. The molecule has 0 aromatic heterocycles. The Bertz CT molecular complexity index is 548. The molecule has 2 amide bonds. The summed E-state index contributed by atoms with van der Waals surface area (Å²) in [6, 6.07) is 9.73. The van der Waals surface area contributed by atoms with E-state index in [1.54, 1.807) is 0 Å². The van der Waals surface area contributed by atoms with Crippen LogP contribution in [-0.4, -0.2) is 16.7 Å². The molecule has 1 saturated carbocycles. The summed E-state index contributed by atoms with van der Waals surface area (Å²) in [7, 11) is 0. The molecule has 3 aliphatic rings. The first-order valence-corrected chi connectivity index (χ1v) is 6.83. The van der Waals surface area contributed by atoms with Crippen molar-refractivity contribution in [1.82, 2.24) is 4.90 Å². The molecule has 0 spiro atoms. The predicted molar refractivity (Wildman–Crippen MR) is 69.7 cm³/mol. The Morgan fingerprint density at radius 2 is 1.53 bits per heavy atom. The second-order valence-electron chi connectivity index (χ2n) is 5.75. The third-order valence-electron chi connectivity index (χ3n) is 4.75. The lowest BCUT2D eigenvalue weighted by atomic mass is 9.85. The van der Waals surface area contributed by atoms with Crippen molar-refractivity contribution >= 4 is 11.8 Å². The second kappa shape index (κ2) is 3.80. The summed E-state index contributed by atoms with van der Waals surface area (Å²) in [4.78, 5) is 26.4. The van der Waals surface area contributed by atoms with Crippen molar-refractivity contribution in [2.75, 3.05) is 0 Å². The van der Waals surface area contributed by atoms with Crippen LogP contribution in [0.2, 0.25) is 0 Å². The fraction of sp³-hybridized carbons (Fsp3) is 0.375. The molecule has 0 N–H and O–H groups in total. The highest BCUT2D eigenvalue weighted by Crippen LogP contribution is 2.52. The number of hydrogen-bond donors (Lipinski definition) is 0. The van der Waals surface area contributed by atoms with Gasteiger partial charge in [-0.3, -0.25) is 14.5 Å². The molecular formula is C16H15NO2. The summed E-state index contributed by atoms with van der Waals surface area (Å²) < 4.78 is 0. The molecule has 1 saturated heterocycles. The minimum atomic E-state index is -0.0776. The number of rotatable bonds is 2. The molecule has 2 aliphatic carbocycles. The maximum Gasteiger partial charge on any atom is 0.234 e. The maximum atomic E-state index is 12.5. The summed E-state index contributed by atoms with van der Waals surface area (Å²) in [6.07, 6.45) is 5.25. The standard InChI is InChI=1S/C16H15NO2/c18-15-13-11-6-7-12(8-11)14(13)16(19)17(15)9-10-4-2-1-3-5-10/h1-7,11-14H,8-9H2/t11-,12-,13-,14-/m0/s1. The number of nitrogens with zero attached hydrogens (tertiary/aromatic N) is 1. The zero-order valence-electron chi connectivity index (χ0n) is 10.5. The number of imide groups is 1. The molecule has 1 aromatic carbocycles. The van der Waals surface area contributed by atoms with Crippen LogP contribution < -0.4 is 0 Å². The van der Waals surface area contributed by atoms with Crippen LogP contribution in [0.25, 0.3) is 0 Å². The minimum Gasteiger partial charge on any atom is -0.278 e. The van der Waals surface area contributed by atoms with Crippen molar-refractivity contribution in [3.8, 4) is 0 Å². The smallest absolute Gasteiger partial charge is 0.234 e. The van der Waals surface area contributed by atoms with E-state index in [4.69, 9.17) is 0 Å². The van der Waals surface area contributed by atoms with E-state index >= 15 is 0 Å². The SMILES string of the molecule is O=C1[C@@H]2[C@@H](C(=O)N1Cc1ccccc1)[C@H]1C=C[C@H]2C1. The Kier molecular flexibility index (Phi) is 2.19. The first-order chi connectivity index (χ1) is 9.25. The Labute approximate surface area is 111 Å². The Morgan fingerprint density at radius 3 is 2.11 bits per heavy atom. The van der Waals surface area contributed by atoms with E-state index in [0.717, 1.165) is 12.0 Å². The fourth-order valence-electron chi connectivity index (χ4n) is 3.89. The van der Waals surface area contributed by atoms with E-state index in [-0.39, 0.29) is 23.7 Å². The highest BCUT2D eigenvalue weighted by molar-refractivity contribution is 6.06. The lowest BCUT2D eigenvalue weighted by Gasteiger charge is -2.17.